The number of hydrogen-bond donors (Lipinski definition) is 1. The Morgan fingerprint density at radius 3 is 2.58 bits per heavy atom. The fourth-order valence-electron chi connectivity index (χ4n) is 3.89. The molecule has 0 bridgehead atoms. The van der Waals surface area contributed by atoms with Crippen LogP contribution in [0.4, 0.5) is 0 Å². The Kier molecular flexibility index (Phi) is 5.27. The van der Waals surface area contributed by atoms with Gasteiger partial charge in [-0.15, -0.1) is 0 Å². The molecule has 0 spiro atoms. The van der Waals surface area contributed by atoms with Gasteiger partial charge in [0.15, 0.2) is 0 Å². The van der Waals surface area contributed by atoms with E-state index in [-0.39, 0.29) is 11.6 Å². The van der Waals surface area contributed by atoms with Gasteiger partial charge in [-0.1, -0.05) is 26.2 Å². The molecule has 112 valence electrons. The molecule has 1 saturated heterocycles. The molecule has 0 aromatic carbocycles. The van der Waals surface area contributed by atoms with E-state index in [2.05, 4.69) is 25.7 Å². The number of morpholine rings is 1. The number of nitrogens with zero attached hydrogens (tertiary/aromatic N) is 1. The van der Waals surface area contributed by atoms with Crippen molar-refractivity contribution in [1.29, 1.82) is 0 Å². The Morgan fingerprint density at radius 2 is 1.95 bits per heavy atom. The van der Waals surface area contributed by atoms with Crippen LogP contribution in [-0.2, 0) is 4.74 Å². The monoisotopic (exact) mass is 269 g/mol. The van der Waals surface area contributed by atoms with E-state index in [4.69, 9.17) is 4.74 Å². The fourth-order valence-corrected chi connectivity index (χ4v) is 3.89. The molecule has 1 saturated carbocycles. The number of hydrogen-bond acceptors (Lipinski definition) is 3. The van der Waals surface area contributed by atoms with Gasteiger partial charge < -0.3 is 9.84 Å². The van der Waals surface area contributed by atoms with Crippen LogP contribution in [0, 0.1) is 11.8 Å². The molecule has 0 radical (unpaired) electrons. The van der Waals surface area contributed by atoms with E-state index >= 15 is 0 Å². The van der Waals surface area contributed by atoms with Crippen molar-refractivity contribution < 1.29 is 9.84 Å². The van der Waals surface area contributed by atoms with Gasteiger partial charge in [0.1, 0.15) is 0 Å². The largest absolute Gasteiger partial charge is 0.391 e. The summed E-state index contributed by atoms with van der Waals surface area (Å²) >= 11 is 0. The van der Waals surface area contributed by atoms with Gasteiger partial charge in [-0.3, -0.25) is 4.90 Å². The normalized spacial score (nSPS) is 32.2. The summed E-state index contributed by atoms with van der Waals surface area (Å²) < 4.78 is 5.43. The zero-order valence-corrected chi connectivity index (χ0v) is 12.9. The molecule has 2 fully saturated rings. The summed E-state index contributed by atoms with van der Waals surface area (Å²) in [5.74, 6) is 1.31. The smallest absolute Gasteiger partial charge is 0.0746 e. The number of aliphatic hydroxyl groups is 1. The average Bonchev–Trinajstić information content (AvgIpc) is 2.47. The predicted octanol–water partition coefficient (Wildman–Crippen LogP) is 2.67. The third kappa shape index (κ3) is 3.50. The first-order valence-corrected chi connectivity index (χ1v) is 8.06. The quantitative estimate of drug-likeness (QED) is 0.851. The van der Waals surface area contributed by atoms with Crippen molar-refractivity contribution in [2.75, 3.05) is 26.3 Å². The lowest BCUT2D eigenvalue weighted by atomic mass is 9.73. The third-order valence-electron chi connectivity index (χ3n) is 5.40. The highest BCUT2D eigenvalue weighted by atomic mass is 16.5. The summed E-state index contributed by atoms with van der Waals surface area (Å²) in [6.07, 6.45) is 6.12. The standard InChI is InChI=1S/C16H31NO2/c1-4-13-6-5-7-14(12-13)15(18)16(2,3)17-8-10-19-11-9-17/h13-15,18H,4-12H2,1-3H3. The summed E-state index contributed by atoms with van der Waals surface area (Å²) in [6.45, 7) is 10.2. The first-order valence-electron chi connectivity index (χ1n) is 8.06. The van der Waals surface area contributed by atoms with Crippen molar-refractivity contribution in [2.45, 2.75) is 64.5 Å². The summed E-state index contributed by atoms with van der Waals surface area (Å²) in [4.78, 5) is 2.41. The van der Waals surface area contributed by atoms with Crippen LogP contribution in [0.2, 0.25) is 0 Å². The molecule has 0 aromatic rings. The van der Waals surface area contributed by atoms with Crippen molar-refractivity contribution in [3.8, 4) is 0 Å². The Labute approximate surface area is 118 Å². The van der Waals surface area contributed by atoms with E-state index in [0.29, 0.717) is 5.92 Å². The highest BCUT2D eigenvalue weighted by Gasteiger charge is 2.40. The highest BCUT2D eigenvalue weighted by Crippen LogP contribution is 2.37. The van der Waals surface area contributed by atoms with Crippen molar-refractivity contribution in [2.24, 2.45) is 11.8 Å². The molecule has 1 N–H and O–H groups in total. The molecule has 1 aliphatic carbocycles. The fraction of sp³-hybridized carbons (Fsp3) is 1.00. The van der Waals surface area contributed by atoms with Crippen LogP contribution in [0.1, 0.15) is 52.9 Å². The molecule has 2 aliphatic rings. The highest BCUT2D eigenvalue weighted by molar-refractivity contribution is 4.94. The molecule has 1 heterocycles. The summed E-state index contributed by atoms with van der Waals surface area (Å²) in [5.41, 5.74) is -0.121. The molecular weight excluding hydrogens is 238 g/mol. The molecular formula is C16H31NO2. The third-order valence-corrected chi connectivity index (χ3v) is 5.40. The SMILES string of the molecule is CCC1CCCC(C(O)C(C)(C)N2CCOCC2)C1. The van der Waals surface area contributed by atoms with Gasteiger partial charge in [0.25, 0.3) is 0 Å². The molecule has 0 aromatic heterocycles. The van der Waals surface area contributed by atoms with Gasteiger partial charge in [0.05, 0.1) is 19.3 Å². The Hall–Kier alpha value is -0.120. The Balaban J connectivity index is 1.97. The van der Waals surface area contributed by atoms with Crippen molar-refractivity contribution in [1.82, 2.24) is 4.90 Å². The zero-order valence-electron chi connectivity index (χ0n) is 12.9. The molecule has 19 heavy (non-hydrogen) atoms. The molecule has 1 aliphatic heterocycles. The van der Waals surface area contributed by atoms with Gasteiger partial charge in [0, 0.05) is 18.6 Å². The zero-order chi connectivity index (χ0) is 13.9. The summed E-state index contributed by atoms with van der Waals surface area (Å²) in [5, 5.41) is 10.9. The van der Waals surface area contributed by atoms with E-state index in [1.54, 1.807) is 0 Å². The van der Waals surface area contributed by atoms with E-state index in [9.17, 15) is 5.11 Å². The van der Waals surface area contributed by atoms with Crippen LogP contribution in [0.3, 0.4) is 0 Å². The van der Waals surface area contributed by atoms with Gasteiger partial charge in [-0.25, -0.2) is 0 Å². The molecule has 3 unspecified atom stereocenters. The van der Waals surface area contributed by atoms with Crippen molar-refractivity contribution in [3.63, 3.8) is 0 Å². The lowest BCUT2D eigenvalue weighted by Gasteiger charge is -2.47. The molecule has 3 atom stereocenters. The van der Waals surface area contributed by atoms with Crippen LogP contribution < -0.4 is 0 Å². The van der Waals surface area contributed by atoms with E-state index in [1.165, 1.54) is 32.1 Å². The first-order chi connectivity index (χ1) is 9.05. The van der Waals surface area contributed by atoms with Crippen molar-refractivity contribution in [3.05, 3.63) is 0 Å². The van der Waals surface area contributed by atoms with Gasteiger partial charge >= 0.3 is 0 Å². The molecule has 3 heteroatoms. The Bertz CT molecular complexity index is 274. The molecule has 0 amide bonds. The van der Waals surface area contributed by atoms with Gasteiger partial charge in [0.2, 0.25) is 0 Å². The van der Waals surface area contributed by atoms with Gasteiger partial charge in [-0.2, -0.15) is 0 Å². The lowest BCUT2D eigenvalue weighted by molar-refractivity contribution is -0.0880. The van der Waals surface area contributed by atoms with E-state index in [0.717, 1.165) is 32.2 Å². The van der Waals surface area contributed by atoms with Gasteiger partial charge in [-0.05, 0) is 38.5 Å². The second kappa shape index (κ2) is 6.55. The van der Waals surface area contributed by atoms with Crippen LogP contribution in [0.15, 0.2) is 0 Å². The Morgan fingerprint density at radius 1 is 1.26 bits per heavy atom. The second-order valence-electron chi connectivity index (χ2n) is 6.90. The number of aliphatic hydroxyl groups excluding tert-OH is 1. The average molecular weight is 269 g/mol. The van der Waals surface area contributed by atoms with E-state index in [1.807, 2.05) is 0 Å². The predicted molar refractivity (Wildman–Crippen MR) is 78.2 cm³/mol. The minimum absolute atomic E-state index is 0.121. The summed E-state index contributed by atoms with van der Waals surface area (Å²) in [7, 11) is 0. The number of rotatable bonds is 4. The maximum Gasteiger partial charge on any atom is 0.0746 e. The topological polar surface area (TPSA) is 32.7 Å². The van der Waals surface area contributed by atoms with Crippen LogP contribution in [0.25, 0.3) is 0 Å². The minimum Gasteiger partial charge on any atom is -0.391 e. The van der Waals surface area contributed by atoms with Crippen LogP contribution in [-0.4, -0.2) is 48.0 Å². The molecule has 3 nitrogen and oxygen atoms in total. The van der Waals surface area contributed by atoms with Crippen molar-refractivity contribution >= 4 is 0 Å². The first kappa shape index (κ1) is 15.3. The maximum atomic E-state index is 10.9. The second-order valence-corrected chi connectivity index (χ2v) is 6.90. The van der Waals surface area contributed by atoms with Crippen LogP contribution in [0.5, 0.6) is 0 Å². The van der Waals surface area contributed by atoms with Crippen LogP contribution >= 0.6 is 0 Å². The lowest BCUT2D eigenvalue weighted by Crippen LogP contribution is -2.58. The summed E-state index contributed by atoms with van der Waals surface area (Å²) in [6, 6.07) is 0. The number of ether oxygens (including phenoxy) is 1. The molecule has 2 rings (SSSR count). The maximum absolute atomic E-state index is 10.9. The van der Waals surface area contributed by atoms with E-state index < -0.39 is 0 Å². The minimum atomic E-state index is -0.208.